The predicted octanol–water partition coefficient (Wildman–Crippen LogP) is 6.40. The van der Waals surface area contributed by atoms with E-state index in [4.69, 9.17) is 29.2 Å². The van der Waals surface area contributed by atoms with Gasteiger partial charge in [0.25, 0.3) is 0 Å². The molecule has 0 fully saturated rings. The first-order valence-electron chi connectivity index (χ1n) is 10.2. The van der Waals surface area contributed by atoms with Crippen molar-refractivity contribution in [3.63, 3.8) is 0 Å². The molecular weight excluding hydrogens is 384 g/mol. The second kappa shape index (κ2) is 11.9. The van der Waals surface area contributed by atoms with Gasteiger partial charge >= 0.3 is 0 Å². The number of methoxy groups -OCH3 is 4. The Morgan fingerprint density at radius 3 is 1.90 bits per heavy atom. The van der Waals surface area contributed by atoms with Gasteiger partial charge in [0.1, 0.15) is 34.4 Å². The third kappa shape index (κ3) is 5.55. The second-order valence-corrected chi connectivity index (χ2v) is 6.80. The van der Waals surface area contributed by atoms with Gasteiger partial charge in [0.2, 0.25) is 0 Å². The number of unbranched alkanes of at least 4 members (excludes halogenated alkanes) is 4. The zero-order chi connectivity index (χ0) is 21.9. The molecule has 7 nitrogen and oxygen atoms in total. The van der Waals surface area contributed by atoms with Crippen LogP contribution in [-0.2, 0) is 0 Å². The van der Waals surface area contributed by atoms with Crippen LogP contribution >= 0.6 is 0 Å². The summed E-state index contributed by atoms with van der Waals surface area (Å²) in [4.78, 5) is 0. The van der Waals surface area contributed by atoms with Crippen LogP contribution in [0.3, 0.4) is 0 Å². The van der Waals surface area contributed by atoms with Crippen molar-refractivity contribution in [2.45, 2.75) is 39.0 Å². The molecule has 0 atom stereocenters. The highest BCUT2D eigenvalue weighted by atomic mass is 16.5. The lowest BCUT2D eigenvalue weighted by atomic mass is 10.0. The molecule has 0 unspecified atom stereocenters. The Morgan fingerprint density at radius 1 is 0.733 bits per heavy atom. The zero-order valence-electron chi connectivity index (χ0n) is 18.5. The summed E-state index contributed by atoms with van der Waals surface area (Å²) in [6, 6.07) is 7.09. The highest BCUT2D eigenvalue weighted by molar-refractivity contribution is 5.85. The topological polar surface area (TPSA) is 82.4 Å². The lowest BCUT2D eigenvalue weighted by Gasteiger charge is -2.19. The molecule has 0 saturated heterocycles. The van der Waals surface area contributed by atoms with Crippen molar-refractivity contribution in [1.82, 2.24) is 0 Å². The first-order chi connectivity index (χ1) is 14.6. The van der Waals surface area contributed by atoms with Crippen LogP contribution in [0.15, 0.2) is 29.4 Å². The molecule has 164 valence electrons. The van der Waals surface area contributed by atoms with Crippen LogP contribution in [0.25, 0.3) is 11.1 Å². The summed E-state index contributed by atoms with van der Waals surface area (Å²) in [5.41, 5.74) is 9.38. The largest absolute Gasteiger partial charge is 0.496 e. The molecule has 0 saturated carbocycles. The molecule has 7 heteroatoms. The minimum absolute atomic E-state index is 0.413. The van der Waals surface area contributed by atoms with Gasteiger partial charge in [-0.15, -0.1) is 0 Å². The van der Waals surface area contributed by atoms with E-state index in [0.29, 0.717) is 46.6 Å². The molecule has 0 aliphatic rings. The fourth-order valence-corrected chi connectivity index (χ4v) is 3.28. The summed E-state index contributed by atoms with van der Waals surface area (Å²) in [6.45, 7) is 2.76. The molecular formula is C23H32N2O5. The zero-order valence-corrected chi connectivity index (χ0v) is 18.5. The molecule has 1 N–H and O–H groups in total. The van der Waals surface area contributed by atoms with Crippen LogP contribution in [0.1, 0.15) is 39.0 Å². The summed E-state index contributed by atoms with van der Waals surface area (Å²) >= 11 is 0. The van der Waals surface area contributed by atoms with E-state index in [-0.39, 0.29) is 0 Å². The summed E-state index contributed by atoms with van der Waals surface area (Å²) in [5.74, 6) is 2.83. The Labute approximate surface area is 178 Å². The number of nitrogens with zero attached hydrogens (tertiary/aromatic N) is 1. The molecule has 0 amide bonds. The summed E-state index contributed by atoms with van der Waals surface area (Å²) in [7, 11) is 6.34. The first kappa shape index (κ1) is 23.3. The fourth-order valence-electron chi connectivity index (χ4n) is 3.28. The maximum Gasteiger partial charge on any atom is 0.147 e. The maximum absolute atomic E-state index is 7.54. The van der Waals surface area contributed by atoms with Crippen molar-refractivity contribution in [2.75, 3.05) is 35.0 Å². The van der Waals surface area contributed by atoms with Crippen molar-refractivity contribution >= 4 is 5.69 Å². The molecule has 2 rings (SSSR count). The SMILES string of the molecule is CCCCCCCOc1cc(-c2c(OC)cc(OC)cc2OC)c(OC)cc1N=N. The highest BCUT2D eigenvalue weighted by Crippen LogP contribution is 2.48. The molecule has 0 aromatic heterocycles. The van der Waals surface area contributed by atoms with E-state index in [9.17, 15) is 0 Å². The number of ether oxygens (including phenoxy) is 5. The number of hydrogen-bond donors (Lipinski definition) is 1. The molecule has 0 aliphatic carbocycles. The van der Waals surface area contributed by atoms with Crippen molar-refractivity contribution < 1.29 is 23.7 Å². The van der Waals surface area contributed by atoms with Gasteiger partial charge in [-0.05, 0) is 12.5 Å². The van der Waals surface area contributed by atoms with Crippen LogP contribution in [0.4, 0.5) is 5.69 Å². The van der Waals surface area contributed by atoms with E-state index in [1.54, 1.807) is 46.6 Å². The molecule has 0 spiro atoms. The minimum atomic E-state index is 0.413. The summed E-state index contributed by atoms with van der Waals surface area (Å²) < 4.78 is 28.1. The van der Waals surface area contributed by atoms with Gasteiger partial charge in [-0.25, -0.2) is 5.53 Å². The van der Waals surface area contributed by atoms with Gasteiger partial charge in [-0.3, -0.25) is 0 Å². The van der Waals surface area contributed by atoms with Crippen molar-refractivity contribution in [1.29, 1.82) is 5.53 Å². The van der Waals surface area contributed by atoms with Gasteiger partial charge in [0.15, 0.2) is 0 Å². The van der Waals surface area contributed by atoms with Crippen molar-refractivity contribution in [2.24, 2.45) is 5.11 Å². The molecule has 0 heterocycles. The van der Waals surface area contributed by atoms with Crippen LogP contribution in [0.5, 0.6) is 28.7 Å². The Kier molecular flexibility index (Phi) is 9.25. The first-order valence-corrected chi connectivity index (χ1v) is 10.2. The van der Waals surface area contributed by atoms with Gasteiger partial charge in [-0.1, -0.05) is 32.6 Å². The van der Waals surface area contributed by atoms with Crippen LogP contribution in [-0.4, -0.2) is 35.0 Å². The second-order valence-electron chi connectivity index (χ2n) is 6.80. The fraction of sp³-hybridized carbons (Fsp3) is 0.478. The monoisotopic (exact) mass is 416 g/mol. The van der Waals surface area contributed by atoms with E-state index in [1.165, 1.54) is 19.3 Å². The van der Waals surface area contributed by atoms with Gasteiger partial charge < -0.3 is 23.7 Å². The van der Waals surface area contributed by atoms with Gasteiger partial charge in [0, 0.05) is 23.8 Å². The maximum atomic E-state index is 7.54. The summed E-state index contributed by atoms with van der Waals surface area (Å²) in [6.07, 6.45) is 5.70. The van der Waals surface area contributed by atoms with Crippen molar-refractivity contribution in [3.05, 3.63) is 24.3 Å². The number of hydrogen-bond acceptors (Lipinski definition) is 7. The molecule has 0 aliphatic heterocycles. The number of nitrogens with one attached hydrogen (secondary N) is 1. The van der Waals surface area contributed by atoms with E-state index >= 15 is 0 Å². The average Bonchev–Trinajstić information content (AvgIpc) is 2.79. The Hall–Kier alpha value is -2.96. The highest BCUT2D eigenvalue weighted by Gasteiger charge is 2.21. The predicted molar refractivity (Wildman–Crippen MR) is 117 cm³/mol. The molecule has 2 aromatic carbocycles. The lowest BCUT2D eigenvalue weighted by molar-refractivity contribution is 0.305. The van der Waals surface area contributed by atoms with E-state index in [2.05, 4.69) is 12.0 Å². The number of benzene rings is 2. The molecule has 0 radical (unpaired) electrons. The quantitative estimate of drug-likeness (QED) is 0.302. The number of rotatable bonds is 13. The lowest BCUT2D eigenvalue weighted by Crippen LogP contribution is -2.00. The van der Waals surface area contributed by atoms with Gasteiger partial charge in [0.05, 0.1) is 40.6 Å². The van der Waals surface area contributed by atoms with Crippen LogP contribution < -0.4 is 23.7 Å². The van der Waals surface area contributed by atoms with Crippen LogP contribution in [0, 0.1) is 5.53 Å². The third-order valence-corrected chi connectivity index (χ3v) is 4.89. The third-order valence-electron chi connectivity index (χ3n) is 4.89. The molecule has 2 aromatic rings. The van der Waals surface area contributed by atoms with E-state index < -0.39 is 0 Å². The normalized spacial score (nSPS) is 10.4. The Balaban J connectivity index is 2.46. The standard InChI is InChI=1S/C23H32N2O5/c1-6-7-8-9-10-11-30-20-14-17(19(27-3)15-18(20)25-24)23-21(28-4)12-16(26-2)13-22(23)29-5/h12-15,24H,6-11H2,1-5H3. The summed E-state index contributed by atoms with van der Waals surface area (Å²) in [5, 5.41) is 3.62. The van der Waals surface area contributed by atoms with Gasteiger partial charge in [-0.2, -0.15) is 5.11 Å². The van der Waals surface area contributed by atoms with E-state index in [1.807, 2.05) is 6.07 Å². The molecule has 0 bridgehead atoms. The smallest absolute Gasteiger partial charge is 0.147 e. The van der Waals surface area contributed by atoms with Crippen LogP contribution in [0.2, 0.25) is 0 Å². The average molecular weight is 417 g/mol. The minimum Gasteiger partial charge on any atom is -0.496 e. The Bertz CT molecular complexity index is 814. The van der Waals surface area contributed by atoms with Crippen molar-refractivity contribution in [3.8, 4) is 39.9 Å². The molecule has 30 heavy (non-hydrogen) atoms. The Morgan fingerprint density at radius 2 is 1.37 bits per heavy atom. The van der Waals surface area contributed by atoms with E-state index in [0.717, 1.165) is 18.4 Å².